The number of urea groups is 1. The molecule has 4 rings (SSSR count). The van der Waals surface area contributed by atoms with Crippen molar-refractivity contribution in [3.63, 3.8) is 0 Å². The molecule has 2 heterocycles. The number of carbonyl (C=O) groups excluding carboxylic acids is 1. The largest absolute Gasteiger partial charge is 0.334 e. The van der Waals surface area contributed by atoms with Crippen molar-refractivity contribution in [1.82, 2.24) is 15.1 Å². The molecule has 1 aromatic carbocycles. The second-order valence-electron chi connectivity index (χ2n) is 8.07. The van der Waals surface area contributed by atoms with Gasteiger partial charge in [0.15, 0.2) is 0 Å². The summed E-state index contributed by atoms with van der Waals surface area (Å²) in [7, 11) is 0. The molecule has 1 aliphatic carbocycles. The number of hydrogen-bond donors (Lipinski definition) is 1. The molecule has 1 saturated heterocycles. The Morgan fingerprint density at radius 1 is 1.08 bits per heavy atom. The summed E-state index contributed by atoms with van der Waals surface area (Å²) in [5.74, 6) is 0. The normalized spacial score (nSPS) is 24.5. The molecule has 2 amide bonds. The molecule has 1 aromatic rings. The summed E-state index contributed by atoms with van der Waals surface area (Å²) in [4.78, 5) is 17.0. The number of nitrogens with zero attached hydrogens (tertiary/aromatic N) is 2. The van der Waals surface area contributed by atoms with Crippen molar-refractivity contribution in [2.24, 2.45) is 0 Å². The Morgan fingerprint density at radius 3 is 2.56 bits per heavy atom. The maximum absolute atomic E-state index is 12.3. The highest BCUT2D eigenvalue weighted by Crippen LogP contribution is 2.27. The molecule has 4 heteroatoms. The predicted molar refractivity (Wildman–Crippen MR) is 101 cm³/mol. The minimum absolute atomic E-state index is 0.0936. The molecule has 1 saturated carbocycles. The summed E-state index contributed by atoms with van der Waals surface area (Å²) in [6.45, 7) is 6.08. The first-order valence-electron chi connectivity index (χ1n) is 10.1. The molecule has 1 N–H and O–H groups in total. The minimum Gasteiger partial charge on any atom is -0.334 e. The third-order valence-corrected chi connectivity index (χ3v) is 6.46. The Bertz CT molecular complexity index is 626. The van der Waals surface area contributed by atoms with Gasteiger partial charge in [0.2, 0.25) is 0 Å². The topological polar surface area (TPSA) is 35.6 Å². The number of nitrogens with one attached hydrogen (secondary N) is 1. The van der Waals surface area contributed by atoms with E-state index < -0.39 is 0 Å². The van der Waals surface area contributed by atoms with Crippen LogP contribution in [0.1, 0.15) is 55.7 Å². The van der Waals surface area contributed by atoms with Gasteiger partial charge in [0.25, 0.3) is 0 Å². The van der Waals surface area contributed by atoms with Gasteiger partial charge in [0.05, 0.1) is 0 Å². The fraction of sp³-hybridized carbons (Fsp3) is 0.667. The van der Waals surface area contributed by atoms with Gasteiger partial charge < -0.3 is 10.2 Å². The van der Waals surface area contributed by atoms with E-state index in [1.807, 2.05) is 4.90 Å². The van der Waals surface area contributed by atoms with Gasteiger partial charge >= 0.3 is 6.03 Å². The number of rotatable bonds is 3. The van der Waals surface area contributed by atoms with Crippen molar-refractivity contribution in [2.45, 2.75) is 70.5 Å². The average molecular weight is 341 g/mol. The molecular formula is C21H31N3O. The number of likely N-dealkylation sites (tertiary alicyclic amines) is 1. The van der Waals surface area contributed by atoms with Crippen molar-refractivity contribution in [1.29, 1.82) is 0 Å². The van der Waals surface area contributed by atoms with Crippen molar-refractivity contribution >= 4 is 6.03 Å². The zero-order chi connectivity index (χ0) is 17.2. The standard InChI is InChI=1S/C21H31N3O/c1-16-4-3-11-24(16)21(25)22-15-17-7-8-18-9-12-23(20-5-2-6-20)13-10-19(18)14-17/h7-8,14,16,20H,2-6,9-13,15H2,1H3,(H,22,25)/t16-/m0/s1. The first-order chi connectivity index (χ1) is 12.2. The highest BCUT2D eigenvalue weighted by Gasteiger charge is 2.27. The van der Waals surface area contributed by atoms with Crippen LogP contribution in [-0.4, -0.2) is 47.5 Å². The Hall–Kier alpha value is -1.55. The number of hydrogen-bond acceptors (Lipinski definition) is 2. The second-order valence-corrected chi connectivity index (χ2v) is 8.07. The van der Waals surface area contributed by atoms with Crippen LogP contribution in [0.15, 0.2) is 18.2 Å². The molecule has 2 fully saturated rings. The molecule has 136 valence electrons. The molecule has 0 bridgehead atoms. The van der Waals surface area contributed by atoms with Crippen LogP contribution in [-0.2, 0) is 19.4 Å². The molecule has 1 atom stereocenters. The fourth-order valence-corrected chi connectivity index (χ4v) is 4.54. The van der Waals surface area contributed by atoms with E-state index in [0.717, 1.165) is 31.8 Å². The van der Waals surface area contributed by atoms with Gasteiger partial charge in [-0.2, -0.15) is 0 Å². The van der Waals surface area contributed by atoms with Crippen LogP contribution in [0.4, 0.5) is 4.79 Å². The van der Waals surface area contributed by atoms with E-state index in [0.29, 0.717) is 12.6 Å². The van der Waals surface area contributed by atoms with E-state index >= 15 is 0 Å². The summed E-state index contributed by atoms with van der Waals surface area (Å²) in [6.07, 6.45) is 8.77. The van der Waals surface area contributed by atoms with E-state index in [9.17, 15) is 4.79 Å². The van der Waals surface area contributed by atoms with Gasteiger partial charge in [0, 0.05) is 38.3 Å². The van der Waals surface area contributed by atoms with Crippen molar-refractivity contribution in [3.05, 3.63) is 34.9 Å². The van der Waals surface area contributed by atoms with Crippen LogP contribution in [0.3, 0.4) is 0 Å². The van der Waals surface area contributed by atoms with E-state index in [4.69, 9.17) is 0 Å². The molecule has 0 unspecified atom stereocenters. The Labute approximate surface area is 151 Å². The van der Waals surface area contributed by atoms with Gasteiger partial charge in [-0.05, 0) is 62.1 Å². The van der Waals surface area contributed by atoms with Crippen LogP contribution in [0, 0.1) is 0 Å². The molecule has 4 nitrogen and oxygen atoms in total. The predicted octanol–water partition coefficient (Wildman–Crippen LogP) is 3.33. The number of benzene rings is 1. The SMILES string of the molecule is C[C@H]1CCCN1C(=O)NCc1ccc2c(c1)CCN(C1CCC1)CC2. The molecule has 3 aliphatic rings. The quantitative estimate of drug-likeness (QED) is 0.915. The van der Waals surface area contributed by atoms with Crippen LogP contribution >= 0.6 is 0 Å². The van der Waals surface area contributed by atoms with Gasteiger partial charge in [-0.25, -0.2) is 4.79 Å². The maximum atomic E-state index is 12.3. The van der Waals surface area contributed by atoms with Gasteiger partial charge in [0.1, 0.15) is 0 Å². The third-order valence-electron chi connectivity index (χ3n) is 6.46. The van der Waals surface area contributed by atoms with Crippen LogP contribution in [0.25, 0.3) is 0 Å². The number of fused-ring (bicyclic) bond motifs is 1. The van der Waals surface area contributed by atoms with Crippen LogP contribution in [0.5, 0.6) is 0 Å². The van der Waals surface area contributed by atoms with Crippen molar-refractivity contribution in [2.75, 3.05) is 19.6 Å². The summed E-state index contributed by atoms with van der Waals surface area (Å²) >= 11 is 0. The first kappa shape index (κ1) is 16.9. The molecular weight excluding hydrogens is 310 g/mol. The van der Waals surface area contributed by atoms with E-state index in [1.54, 1.807) is 0 Å². The lowest BCUT2D eigenvalue weighted by Gasteiger charge is -2.36. The van der Waals surface area contributed by atoms with Gasteiger partial charge in [-0.3, -0.25) is 4.90 Å². The molecule has 0 radical (unpaired) electrons. The van der Waals surface area contributed by atoms with Crippen molar-refractivity contribution < 1.29 is 4.79 Å². The summed E-state index contributed by atoms with van der Waals surface area (Å²) in [6, 6.07) is 8.13. The molecule has 2 aliphatic heterocycles. The lowest BCUT2D eigenvalue weighted by Crippen LogP contribution is -2.41. The summed E-state index contributed by atoms with van der Waals surface area (Å²) in [5.41, 5.74) is 4.23. The smallest absolute Gasteiger partial charge is 0.317 e. The zero-order valence-corrected chi connectivity index (χ0v) is 15.5. The Balaban J connectivity index is 1.35. The maximum Gasteiger partial charge on any atom is 0.317 e. The number of amides is 2. The van der Waals surface area contributed by atoms with E-state index in [-0.39, 0.29) is 6.03 Å². The fourth-order valence-electron chi connectivity index (χ4n) is 4.54. The van der Waals surface area contributed by atoms with Crippen LogP contribution < -0.4 is 5.32 Å². The molecule has 0 spiro atoms. The molecule has 25 heavy (non-hydrogen) atoms. The van der Waals surface area contributed by atoms with E-state index in [1.165, 1.54) is 55.5 Å². The Kier molecular flexibility index (Phi) is 4.98. The molecule has 0 aromatic heterocycles. The monoisotopic (exact) mass is 341 g/mol. The average Bonchev–Trinajstić information content (AvgIpc) is 2.89. The first-order valence-corrected chi connectivity index (χ1v) is 10.1. The lowest BCUT2D eigenvalue weighted by molar-refractivity contribution is 0.133. The summed E-state index contributed by atoms with van der Waals surface area (Å²) < 4.78 is 0. The Morgan fingerprint density at radius 2 is 1.88 bits per heavy atom. The second kappa shape index (κ2) is 7.36. The number of carbonyl (C=O) groups is 1. The van der Waals surface area contributed by atoms with Crippen molar-refractivity contribution in [3.8, 4) is 0 Å². The highest BCUT2D eigenvalue weighted by molar-refractivity contribution is 5.74. The highest BCUT2D eigenvalue weighted by atomic mass is 16.2. The minimum atomic E-state index is 0.0936. The van der Waals surface area contributed by atoms with E-state index in [2.05, 4.69) is 35.3 Å². The summed E-state index contributed by atoms with van der Waals surface area (Å²) in [5, 5.41) is 3.12. The van der Waals surface area contributed by atoms with Gasteiger partial charge in [-0.15, -0.1) is 0 Å². The van der Waals surface area contributed by atoms with Crippen LogP contribution in [0.2, 0.25) is 0 Å². The van der Waals surface area contributed by atoms with Gasteiger partial charge in [-0.1, -0.05) is 24.6 Å². The third kappa shape index (κ3) is 3.69. The lowest BCUT2D eigenvalue weighted by atomic mass is 9.91. The zero-order valence-electron chi connectivity index (χ0n) is 15.5.